The van der Waals surface area contributed by atoms with Crippen molar-refractivity contribution >= 4 is 160 Å². The molecule has 47 heavy (non-hydrogen) atoms. The molecule has 0 aliphatic heterocycles. The van der Waals surface area contributed by atoms with Gasteiger partial charge in [0, 0.05) is 20.2 Å². The monoisotopic (exact) mass is 1220 g/mol. The Labute approximate surface area is 335 Å². The van der Waals surface area contributed by atoms with E-state index in [-0.39, 0.29) is 70.1 Å². The van der Waals surface area contributed by atoms with Gasteiger partial charge in [-0.25, -0.2) is 0 Å². The number of hydrogen-bond donors (Lipinski definition) is 10. The number of hydrogen-bond acceptors (Lipinski definition) is 10. The number of rotatable bonds is 14. The number of nitrogens with two attached hydrogens (primary N) is 2. The van der Waals surface area contributed by atoms with E-state index in [0.717, 1.165) is 0 Å². The standard InChI is InChI=1S/C26H27I5N6O10/c1-7-12(23(32)44)16(27)14(25(46)34-3-8(40)5-38)19(30)21(7)36-10(42)2-11(43)37-22-18(29)13(24(33)45)17(28)15(20(22)31)26(47)35-4-9(41)6-39/h8-9,38-41H,2-6H2,1H3,(H2,32,44)(H2,33,45)(H,34,46)(H,35,47)(H,36,42)(H,37,43). The van der Waals surface area contributed by atoms with Crippen molar-refractivity contribution in [2.45, 2.75) is 25.6 Å². The highest BCUT2D eigenvalue weighted by molar-refractivity contribution is 14.1. The van der Waals surface area contributed by atoms with Gasteiger partial charge in [0.2, 0.25) is 17.7 Å². The van der Waals surface area contributed by atoms with Crippen molar-refractivity contribution in [3.8, 4) is 0 Å². The first-order valence-electron chi connectivity index (χ1n) is 12.9. The molecule has 0 saturated heterocycles. The average molecular weight is 1220 g/mol. The van der Waals surface area contributed by atoms with Gasteiger partial charge in [0.15, 0.2) is 0 Å². The summed E-state index contributed by atoms with van der Waals surface area (Å²) in [6, 6.07) is 0. The number of aliphatic hydroxyl groups is 4. The highest BCUT2D eigenvalue weighted by atomic mass is 127. The molecule has 2 aromatic carbocycles. The number of anilines is 2. The molecule has 0 spiro atoms. The molecule has 2 atom stereocenters. The minimum atomic E-state index is -1.24. The predicted molar refractivity (Wildman–Crippen MR) is 211 cm³/mol. The van der Waals surface area contributed by atoms with Crippen LogP contribution in [0.5, 0.6) is 0 Å². The summed E-state index contributed by atoms with van der Waals surface area (Å²) < 4.78 is 0.954. The van der Waals surface area contributed by atoms with Crippen molar-refractivity contribution < 1.29 is 49.2 Å². The Morgan fingerprint density at radius 2 is 0.979 bits per heavy atom. The zero-order valence-electron chi connectivity index (χ0n) is 24.0. The van der Waals surface area contributed by atoms with Gasteiger partial charge >= 0.3 is 0 Å². The molecule has 12 N–H and O–H groups in total. The summed E-state index contributed by atoms with van der Waals surface area (Å²) in [5.41, 5.74) is 11.2. The summed E-state index contributed by atoms with van der Waals surface area (Å²) in [5.74, 6) is -4.95. The quantitative estimate of drug-likeness (QED) is 0.0916. The Morgan fingerprint density at radius 3 is 1.38 bits per heavy atom. The van der Waals surface area contributed by atoms with Crippen LogP contribution in [-0.2, 0) is 9.59 Å². The van der Waals surface area contributed by atoms with E-state index in [9.17, 15) is 39.0 Å². The number of carbonyl (C=O) groups is 6. The molecular weight excluding hydrogens is 1190 g/mol. The lowest BCUT2D eigenvalue weighted by atomic mass is 10.0. The number of primary amides is 2. The van der Waals surface area contributed by atoms with Crippen molar-refractivity contribution in [2.75, 3.05) is 36.9 Å². The average Bonchev–Trinajstić information content (AvgIpc) is 2.98. The number of amides is 6. The van der Waals surface area contributed by atoms with E-state index >= 15 is 0 Å². The Morgan fingerprint density at radius 1 is 0.617 bits per heavy atom. The lowest BCUT2D eigenvalue weighted by molar-refractivity contribution is -0.123. The third kappa shape index (κ3) is 10.4. The van der Waals surface area contributed by atoms with Crippen LogP contribution >= 0.6 is 113 Å². The number of carbonyl (C=O) groups excluding carboxylic acids is 6. The summed E-state index contributed by atoms with van der Waals surface area (Å²) in [6.07, 6.45) is -3.27. The van der Waals surface area contributed by atoms with Crippen molar-refractivity contribution in [3.05, 3.63) is 45.7 Å². The summed E-state index contributed by atoms with van der Waals surface area (Å²) in [6.45, 7) is -0.323. The second-order valence-electron chi connectivity index (χ2n) is 9.54. The maximum atomic E-state index is 13.1. The predicted octanol–water partition coefficient (Wildman–Crippen LogP) is 0.349. The van der Waals surface area contributed by atoms with Gasteiger partial charge in [-0.2, -0.15) is 0 Å². The highest BCUT2D eigenvalue weighted by Gasteiger charge is 2.30. The normalized spacial score (nSPS) is 12.1. The van der Waals surface area contributed by atoms with Crippen molar-refractivity contribution in [2.24, 2.45) is 11.5 Å². The third-order valence-electron chi connectivity index (χ3n) is 6.16. The van der Waals surface area contributed by atoms with E-state index in [1.54, 1.807) is 113 Å². The molecule has 2 rings (SSSR count). The van der Waals surface area contributed by atoms with Crippen LogP contribution in [0.25, 0.3) is 0 Å². The molecule has 21 heteroatoms. The topological polar surface area (TPSA) is 283 Å². The number of halogens is 5. The largest absolute Gasteiger partial charge is 0.394 e. The molecule has 0 saturated carbocycles. The van der Waals surface area contributed by atoms with Crippen LogP contribution in [0.3, 0.4) is 0 Å². The lowest BCUT2D eigenvalue weighted by Gasteiger charge is -2.20. The maximum Gasteiger partial charge on any atom is 0.253 e. The van der Waals surface area contributed by atoms with Crippen molar-refractivity contribution in [1.82, 2.24) is 10.6 Å². The number of aliphatic hydroxyl groups excluding tert-OH is 4. The molecule has 0 aromatic heterocycles. The smallest absolute Gasteiger partial charge is 0.253 e. The lowest BCUT2D eigenvalue weighted by Crippen LogP contribution is -2.35. The molecule has 2 aromatic rings. The third-order valence-corrected chi connectivity index (χ3v) is 11.6. The van der Waals surface area contributed by atoms with E-state index in [4.69, 9.17) is 21.7 Å². The van der Waals surface area contributed by atoms with Crippen LogP contribution in [0.2, 0.25) is 0 Å². The first-order chi connectivity index (χ1) is 21.9. The summed E-state index contributed by atoms with van der Waals surface area (Å²) in [7, 11) is 0. The van der Waals surface area contributed by atoms with E-state index in [0.29, 0.717) is 0 Å². The summed E-state index contributed by atoms with van der Waals surface area (Å²) in [4.78, 5) is 76.9. The number of nitrogens with one attached hydrogen (secondary N) is 4. The fourth-order valence-corrected chi connectivity index (χ4v) is 11.1. The first-order valence-corrected chi connectivity index (χ1v) is 18.3. The van der Waals surface area contributed by atoms with Gasteiger partial charge < -0.3 is 53.2 Å². The second kappa shape index (κ2) is 18.7. The Balaban J connectivity index is 2.46. The van der Waals surface area contributed by atoms with Crippen LogP contribution in [0, 0.1) is 24.8 Å². The van der Waals surface area contributed by atoms with Crippen LogP contribution in [0.15, 0.2) is 0 Å². The zero-order chi connectivity index (χ0) is 35.9. The van der Waals surface area contributed by atoms with Gasteiger partial charge in [-0.3, -0.25) is 28.8 Å². The summed E-state index contributed by atoms with van der Waals surface area (Å²) >= 11 is 8.86. The SMILES string of the molecule is Cc1c(NC(=O)CC(=O)Nc2c(I)c(C(N)=O)c(I)c(C(=O)NCC(O)CO)c2I)c(I)c(C(=O)NCC(O)CO)c(I)c1C(N)=O. The molecule has 0 heterocycles. The van der Waals surface area contributed by atoms with Gasteiger partial charge in [0.05, 0.1) is 69.8 Å². The van der Waals surface area contributed by atoms with Crippen LogP contribution in [0.1, 0.15) is 53.4 Å². The Hall–Kier alpha value is -1.25. The maximum absolute atomic E-state index is 13.1. The minimum Gasteiger partial charge on any atom is -0.394 e. The van der Waals surface area contributed by atoms with Crippen LogP contribution < -0.4 is 32.7 Å². The van der Waals surface area contributed by atoms with Crippen LogP contribution in [0.4, 0.5) is 11.4 Å². The Bertz CT molecular complexity index is 1520. The molecule has 0 bridgehead atoms. The fourth-order valence-electron chi connectivity index (χ4n) is 3.87. The van der Waals surface area contributed by atoms with Gasteiger partial charge in [0.1, 0.15) is 6.42 Å². The second-order valence-corrected chi connectivity index (χ2v) is 14.9. The van der Waals surface area contributed by atoms with E-state index in [1.165, 1.54) is 6.92 Å². The highest BCUT2D eigenvalue weighted by Crippen LogP contribution is 2.36. The molecule has 0 aliphatic carbocycles. The van der Waals surface area contributed by atoms with E-state index in [1.807, 2.05) is 0 Å². The molecule has 256 valence electrons. The minimum absolute atomic E-state index is 0.0196. The molecule has 2 unspecified atom stereocenters. The number of benzene rings is 2. The van der Waals surface area contributed by atoms with Crippen LogP contribution in [-0.4, -0.2) is 94.4 Å². The molecule has 6 amide bonds. The van der Waals surface area contributed by atoms with Gasteiger partial charge in [-0.15, -0.1) is 0 Å². The fraction of sp³-hybridized carbons (Fsp3) is 0.308. The first kappa shape index (κ1) is 41.9. The molecule has 0 fully saturated rings. The van der Waals surface area contributed by atoms with Gasteiger partial charge in [-0.05, 0) is 125 Å². The molecule has 0 radical (unpaired) electrons. The molecular formula is C26H27I5N6O10. The van der Waals surface area contributed by atoms with E-state index < -0.39 is 67.3 Å². The molecule has 0 aliphatic rings. The zero-order valence-corrected chi connectivity index (χ0v) is 34.8. The van der Waals surface area contributed by atoms with Crippen molar-refractivity contribution in [3.63, 3.8) is 0 Å². The van der Waals surface area contributed by atoms with Gasteiger partial charge in [0.25, 0.3) is 17.7 Å². The van der Waals surface area contributed by atoms with Gasteiger partial charge in [-0.1, -0.05) is 0 Å². The summed E-state index contributed by atoms with van der Waals surface area (Å²) in [5, 5.41) is 47.3. The Kier molecular flexibility index (Phi) is 16.6. The molecule has 16 nitrogen and oxygen atoms in total. The van der Waals surface area contributed by atoms with E-state index in [2.05, 4.69) is 21.3 Å². The van der Waals surface area contributed by atoms with Crippen molar-refractivity contribution in [1.29, 1.82) is 0 Å².